The van der Waals surface area contributed by atoms with Gasteiger partial charge in [0.25, 0.3) is 0 Å². The van der Waals surface area contributed by atoms with Crippen LogP contribution < -0.4 is 11.1 Å². The van der Waals surface area contributed by atoms with E-state index in [2.05, 4.69) is 15.3 Å². The normalized spacial score (nSPS) is 15.5. The summed E-state index contributed by atoms with van der Waals surface area (Å²) in [5.41, 5.74) is 8.92. The Morgan fingerprint density at radius 1 is 1.00 bits per heavy atom. The van der Waals surface area contributed by atoms with E-state index in [1.54, 1.807) is 36.7 Å². The summed E-state index contributed by atoms with van der Waals surface area (Å²) in [6.07, 6.45) is 5.90. The van der Waals surface area contributed by atoms with Crippen LogP contribution in [0, 0.1) is 0 Å². The molecule has 0 aliphatic heterocycles. The molecule has 2 heterocycles. The van der Waals surface area contributed by atoms with Crippen molar-refractivity contribution in [3.05, 3.63) is 96.4 Å². The van der Waals surface area contributed by atoms with Crippen LogP contribution in [0.15, 0.2) is 90.8 Å². The Bertz CT molecular complexity index is 1450. The number of carbonyl (C=O) groups is 1. The number of aromatic nitrogens is 3. The van der Waals surface area contributed by atoms with E-state index in [-0.39, 0.29) is 6.42 Å². The first kappa shape index (κ1) is 21.4. The topological polar surface area (TPSA) is 93.8 Å². The molecule has 0 saturated heterocycles. The van der Waals surface area contributed by atoms with Crippen molar-refractivity contribution < 1.29 is 13.6 Å². The molecule has 3 N–H and O–H groups in total. The first-order chi connectivity index (χ1) is 16.5. The van der Waals surface area contributed by atoms with Crippen LogP contribution >= 0.6 is 0 Å². The van der Waals surface area contributed by atoms with Gasteiger partial charge in [-0.05, 0) is 53.6 Å². The number of benzene rings is 2. The molecule has 1 aliphatic carbocycles. The van der Waals surface area contributed by atoms with Crippen molar-refractivity contribution in [2.45, 2.75) is 12.5 Å². The van der Waals surface area contributed by atoms with E-state index in [1.165, 1.54) is 0 Å². The highest BCUT2D eigenvalue weighted by Gasteiger charge is 2.19. The summed E-state index contributed by atoms with van der Waals surface area (Å²) >= 11 is 0. The van der Waals surface area contributed by atoms with Gasteiger partial charge in [-0.25, -0.2) is 18.7 Å². The monoisotopic (exact) mass is 455 g/mol. The Balaban J connectivity index is 1.60. The summed E-state index contributed by atoms with van der Waals surface area (Å²) in [5, 5.41) is 3.94. The van der Waals surface area contributed by atoms with Gasteiger partial charge in [0.15, 0.2) is 11.7 Å². The van der Waals surface area contributed by atoms with Crippen molar-refractivity contribution in [1.82, 2.24) is 15.0 Å². The van der Waals surface area contributed by atoms with Crippen molar-refractivity contribution >= 4 is 22.6 Å². The summed E-state index contributed by atoms with van der Waals surface area (Å²) in [4.78, 5) is 24.9. The molecular formula is C26H19F2N5O. The van der Waals surface area contributed by atoms with E-state index in [0.29, 0.717) is 28.1 Å². The van der Waals surface area contributed by atoms with Crippen molar-refractivity contribution in [3.63, 3.8) is 0 Å². The highest BCUT2D eigenvalue weighted by molar-refractivity contribution is 5.95. The van der Waals surface area contributed by atoms with Gasteiger partial charge in [0.1, 0.15) is 11.6 Å². The molecule has 6 nitrogen and oxygen atoms in total. The van der Waals surface area contributed by atoms with E-state index in [1.807, 2.05) is 36.4 Å². The number of nitrogens with one attached hydrogen (secondary N) is 1. The molecule has 0 bridgehead atoms. The summed E-state index contributed by atoms with van der Waals surface area (Å²) in [5.74, 6) is -1.21. The molecule has 0 saturated carbocycles. The molecule has 0 spiro atoms. The van der Waals surface area contributed by atoms with Crippen LogP contribution in [-0.2, 0) is 0 Å². The highest BCUT2D eigenvalue weighted by Crippen LogP contribution is 2.31. The van der Waals surface area contributed by atoms with Crippen LogP contribution in [0.4, 0.5) is 14.6 Å². The minimum atomic E-state index is -0.858. The number of pyridine rings is 1. The quantitative estimate of drug-likeness (QED) is 0.423. The van der Waals surface area contributed by atoms with Crippen LogP contribution in [0.5, 0.6) is 0 Å². The fourth-order valence-corrected chi connectivity index (χ4v) is 3.79. The minimum Gasteiger partial charge on any atom is -0.366 e. The number of primary amides is 1. The van der Waals surface area contributed by atoms with Gasteiger partial charge in [-0.1, -0.05) is 24.3 Å². The number of anilines is 1. The smallest absolute Gasteiger partial charge is 0.248 e. The van der Waals surface area contributed by atoms with Crippen molar-refractivity contribution in [2.75, 3.05) is 5.32 Å². The van der Waals surface area contributed by atoms with Gasteiger partial charge in [0.05, 0.1) is 11.6 Å². The number of hydrogen-bond donors (Lipinski definition) is 2. The second-order valence-electron chi connectivity index (χ2n) is 7.88. The maximum atomic E-state index is 13.9. The molecule has 5 rings (SSSR count). The highest BCUT2D eigenvalue weighted by atomic mass is 19.2. The van der Waals surface area contributed by atoms with Gasteiger partial charge in [-0.2, -0.15) is 0 Å². The van der Waals surface area contributed by atoms with E-state index >= 15 is 0 Å². The fraction of sp³-hybridized carbons (Fsp3) is 0.0769. The zero-order valence-electron chi connectivity index (χ0n) is 17.9. The number of nitrogens with two attached hydrogens (primary N) is 1. The number of rotatable bonds is 5. The number of hydrogen-bond acceptors (Lipinski definition) is 5. The summed E-state index contributed by atoms with van der Waals surface area (Å²) in [6, 6.07) is 15.8. The molecular weight excluding hydrogens is 436 g/mol. The van der Waals surface area contributed by atoms with E-state index < -0.39 is 23.6 Å². The third-order valence-corrected chi connectivity index (χ3v) is 5.57. The maximum absolute atomic E-state index is 13.9. The van der Waals surface area contributed by atoms with E-state index in [4.69, 9.17) is 10.7 Å². The third-order valence-electron chi connectivity index (χ3n) is 5.57. The van der Waals surface area contributed by atoms with Gasteiger partial charge in [-0.15, -0.1) is 0 Å². The zero-order valence-corrected chi connectivity index (χ0v) is 17.9. The molecule has 1 unspecified atom stereocenters. The molecule has 0 fully saturated rings. The Morgan fingerprint density at radius 2 is 1.79 bits per heavy atom. The lowest BCUT2D eigenvalue weighted by molar-refractivity contribution is 0.100. The summed E-state index contributed by atoms with van der Waals surface area (Å²) < 4.78 is 27.4. The SMILES string of the molecule is NC(=O)c1ccc(-c2ccc3nc(-c4cccnc4)nc(NC4C=CC(F)=C(F)C4)c3c2)cc1. The number of amides is 1. The maximum Gasteiger partial charge on any atom is 0.248 e. The molecule has 0 radical (unpaired) electrons. The number of halogens is 2. The number of nitrogens with zero attached hydrogens (tertiary/aromatic N) is 3. The number of carbonyl (C=O) groups excluding carboxylic acids is 1. The van der Waals surface area contributed by atoms with E-state index in [0.717, 1.165) is 22.8 Å². The van der Waals surface area contributed by atoms with Gasteiger partial charge in [0, 0.05) is 35.3 Å². The van der Waals surface area contributed by atoms with Crippen molar-refractivity contribution in [3.8, 4) is 22.5 Å². The molecule has 1 amide bonds. The third kappa shape index (κ3) is 4.25. The second kappa shape index (κ2) is 8.82. The van der Waals surface area contributed by atoms with Gasteiger partial charge >= 0.3 is 0 Å². The molecule has 4 aromatic rings. The lowest BCUT2D eigenvalue weighted by Gasteiger charge is -2.19. The molecule has 8 heteroatoms. The van der Waals surface area contributed by atoms with Gasteiger partial charge in [-0.3, -0.25) is 9.78 Å². The predicted octanol–water partition coefficient (Wildman–Crippen LogP) is 5.35. The molecule has 2 aromatic heterocycles. The molecule has 2 aromatic carbocycles. The Labute approximate surface area is 193 Å². The number of fused-ring (bicyclic) bond motifs is 1. The van der Waals surface area contributed by atoms with Crippen LogP contribution in [0.1, 0.15) is 16.8 Å². The first-order valence-electron chi connectivity index (χ1n) is 10.6. The average Bonchev–Trinajstić information content (AvgIpc) is 2.86. The van der Waals surface area contributed by atoms with Crippen LogP contribution in [0.2, 0.25) is 0 Å². The lowest BCUT2D eigenvalue weighted by atomic mass is 10.0. The van der Waals surface area contributed by atoms with Crippen molar-refractivity contribution in [1.29, 1.82) is 0 Å². The van der Waals surface area contributed by atoms with Gasteiger partial charge in [0.2, 0.25) is 5.91 Å². The standard InChI is InChI=1S/C26H19F2N5O/c27-21-9-8-19(13-22(21)28)31-26-20-12-17(15-3-5-16(6-4-15)24(29)34)7-10-23(20)32-25(33-26)18-2-1-11-30-14-18/h1-12,14,19H,13H2,(H2,29,34)(H,31,32,33). The number of allylic oxidation sites excluding steroid dienone is 2. The van der Waals surface area contributed by atoms with Crippen LogP contribution in [0.25, 0.3) is 33.4 Å². The molecule has 1 atom stereocenters. The second-order valence-corrected chi connectivity index (χ2v) is 7.88. The zero-order chi connectivity index (χ0) is 23.7. The fourth-order valence-electron chi connectivity index (χ4n) is 3.79. The Morgan fingerprint density at radius 3 is 2.50 bits per heavy atom. The van der Waals surface area contributed by atoms with E-state index in [9.17, 15) is 13.6 Å². The van der Waals surface area contributed by atoms with Gasteiger partial charge < -0.3 is 11.1 Å². The Hall–Kier alpha value is -4.46. The summed E-state index contributed by atoms with van der Waals surface area (Å²) in [6.45, 7) is 0. The van der Waals surface area contributed by atoms with Crippen molar-refractivity contribution in [2.24, 2.45) is 5.73 Å². The first-order valence-corrected chi connectivity index (χ1v) is 10.6. The minimum absolute atomic E-state index is 0.121. The summed E-state index contributed by atoms with van der Waals surface area (Å²) in [7, 11) is 0. The molecule has 1 aliphatic rings. The largest absolute Gasteiger partial charge is 0.366 e. The molecule has 34 heavy (non-hydrogen) atoms. The predicted molar refractivity (Wildman–Crippen MR) is 127 cm³/mol. The molecule has 168 valence electrons. The van der Waals surface area contributed by atoms with Crippen LogP contribution in [-0.4, -0.2) is 26.9 Å². The van der Waals surface area contributed by atoms with Crippen LogP contribution in [0.3, 0.4) is 0 Å². The Kier molecular flexibility index (Phi) is 5.55. The average molecular weight is 455 g/mol. The lowest BCUT2D eigenvalue weighted by Crippen LogP contribution is -2.20.